The molecule has 0 bridgehead atoms. The molecule has 0 aliphatic carbocycles. The Morgan fingerprint density at radius 2 is 1.70 bits per heavy atom. The third-order valence-corrected chi connectivity index (χ3v) is 6.11. The van der Waals surface area contributed by atoms with Crippen LogP contribution in [0.1, 0.15) is 22.3 Å². The Morgan fingerprint density at radius 1 is 1.03 bits per heavy atom. The lowest BCUT2D eigenvalue weighted by atomic mass is 10.2. The van der Waals surface area contributed by atoms with Gasteiger partial charge < -0.3 is 0 Å². The molecule has 1 aliphatic rings. The van der Waals surface area contributed by atoms with Gasteiger partial charge in [0, 0.05) is 18.0 Å². The molecular formula is C20H15Cl2N3O3S2. The summed E-state index contributed by atoms with van der Waals surface area (Å²) >= 11 is 18.5. The Morgan fingerprint density at radius 3 is 2.40 bits per heavy atom. The SMILES string of the molecule is O=C(CCN1C(=O)/C(=C/c2ccccc2Cl)SC1=S)NNC(=O)c1ccccc1Cl. The number of hydrogen-bond acceptors (Lipinski definition) is 5. The Balaban J connectivity index is 1.54. The maximum atomic E-state index is 12.6. The van der Waals surface area contributed by atoms with Crippen molar-refractivity contribution in [2.24, 2.45) is 0 Å². The van der Waals surface area contributed by atoms with Gasteiger partial charge in [-0.05, 0) is 29.8 Å². The highest BCUT2D eigenvalue weighted by Crippen LogP contribution is 2.33. The summed E-state index contributed by atoms with van der Waals surface area (Å²) in [5.41, 5.74) is 5.54. The van der Waals surface area contributed by atoms with Crippen LogP contribution in [0.5, 0.6) is 0 Å². The number of hydrazine groups is 1. The largest absolute Gasteiger partial charge is 0.292 e. The van der Waals surface area contributed by atoms with E-state index in [1.807, 2.05) is 6.07 Å². The van der Waals surface area contributed by atoms with Gasteiger partial charge in [-0.2, -0.15) is 0 Å². The van der Waals surface area contributed by atoms with E-state index in [1.165, 1.54) is 11.0 Å². The second-order valence-corrected chi connectivity index (χ2v) is 8.58. The minimum Gasteiger partial charge on any atom is -0.292 e. The first-order valence-corrected chi connectivity index (χ1v) is 10.7. The summed E-state index contributed by atoms with van der Waals surface area (Å²) in [5, 5.41) is 0.795. The number of carbonyl (C=O) groups is 3. The third-order valence-electron chi connectivity index (χ3n) is 4.06. The summed E-state index contributed by atoms with van der Waals surface area (Å²) in [4.78, 5) is 38.5. The van der Waals surface area contributed by atoms with E-state index < -0.39 is 11.8 Å². The molecule has 0 atom stereocenters. The van der Waals surface area contributed by atoms with Crippen LogP contribution in [0.3, 0.4) is 0 Å². The van der Waals surface area contributed by atoms with Crippen LogP contribution in [0.15, 0.2) is 53.4 Å². The summed E-state index contributed by atoms with van der Waals surface area (Å²) < 4.78 is 0.353. The summed E-state index contributed by atoms with van der Waals surface area (Å²) in [7, 11) is 0. The quantitative estimate of drug-likeness (QED) is 0.384. The molecule has 154 valence electrons. The predicted octanol–water partition coefficient (Wildman–Crippen LogP) is 4.05. The molecule has 0 unspecified atom stereocenters. The molecule has 3 rings (SSSR count). The summed E-state index contributed by atoms with van der Waals surface area (Å²) in [6.45, 7) is 0.0817. The molecule has 2 N–H and O–H groups in total. The number of halogens is 2. The first-order valence-electron chi connectivity index (χ1n) is 8.70. The van der Waals surface area contributed by atoms with Gasteiger partial charge in [-0.1, -0.05) is 77.5 Å². The lowest BCUT2D eigenvalue weighted by molar-refractivity contribution is -0.124. The fourth-order valence-electron chi connectivity index (χ4n) is 2.54. The van der Waals surface area contributed by atoms with Gasteiger partial charge >= 0.3 is 0 Å². The molecule has 0 radical (unpaired) electrons. The zero-order chi connectivity index (χ0) is 21.7. The number of amides is 3. The smallest absolute Gasteiger partial charge is 0.271 e. The molecular weight excluding hydrogens is 465 g/mol. The standard InChI is InChI=1S/C20H15Cl2N3O3S2/c21-14-7-3-1-5-12(14)11-16-19(28)25(20(29)30-16)10-9-17(26)23-24-18(27)13-6-2-4-8-15(13)22/h1-8,11H,9-10H2,(H,23,26)(H,24,27)/b16-11-. The zero-order valence-electron chi connectivity index (χ0n) is 15.4. The maximum absolute atomic E-state index is 12.6. The Bertz CT molecular complexity index is 1060. The third kappa shape index (κ3) is 5.40. The van der Waals surface area contributed by atoms with E-state index in [9.17, 15) is 14.4 Å². The van der Waals surface area contributed by atoms with Gasteiger partial charge in [0.2, 0.25) is 5.91 Å². The molecule has 0 spiro atoms. The average molecular weight is 480 g/mol. The molecule has 1 fully saturated rings. The van der Waals surface area contributed by atoms with E-state index in [2.05, 4.69) is 10.9 Å². The normalized spacial score (nSPS) is 14.9. The molecule has 1 heterocycles. The number of rotatable bonds is 5. The molecule has 0 aromatic heterocycles. The van der Waals surface area contributed by atoms with Gasteiger partial charge in [-0.15, -0.1) is 0 Å². The highest BCUT2D eigenvalue weighted by Gasteiger charge is 2.32. The lowest BCUT2D eigenvalue weighted by Crippen LogP contribution is -2.43. The molecule has 1 saturated heterocycles. The van der Waals surface area contributed by atoms with Crippen LogP contribution in [0.4, 0.5) is 0 Å². The fraction of sp³-hybridized carbons (Fsp3) is 0.100. The van der Waals surface area contributed by atoms with Crippen LogP contribution >= 0.6 is 47.2 Å². The second-order valence-electron chi connectivity index (χ2n) is 6.09. The monoisotopic (exact) mass is 479 g/mol. The van der Waals surface area contributed by atoms with Gasteiger partial charge in [0.05, 0.1) is 15.5 Å². The molecule has 1 aliphatic heterocycles. The van der Waals surface area contributed by atoms with E-state index >= 15 is 0 Å². The highest BCUT2D eigenvalue weighted by atomic mass is 35.5. The molecule has 3 amide bonds. The predicted molar refractivity (Wildman–Crippen MR) is 123 cm³/mol. The van der Waals surface area contributed by atoms with Crippen molar-refractivity contribution in [1.29, 1.82) is 0 Å². The summed E-state index contributed by atoms with van der Waals surface area (Å²) in [5.74, 6) is -1.31. The van der Waals surface area contributed by atoms with E-state index in [0.29, 0.717) is 19.8 Å². The molecule has 6 nitrogen and oxygen atoms in total. The zero-order valence-corrected chi connectivity index (χ0v) is 18.5. The highest BCUT2D eigenvalue weighted by molar-refractivity contribution is 8.26. The minimum absolute atomic E-state index is 0.0470. The van der Waals surface area contributed by atoms with Crippen molar-refractivity contribution in [3.8, 4) is 0 Å². The number of nitrogens with one attached hydrogen (secondary N) is 2. The molecule has 2 aromatic carbocycles. The van der Waals surface area contributed by atoms with Crippen LogP contribution in [0.2, 0.25) is 10.0 Å². The number of carbonyl (C=O) groups excluding carboxylic acids is 3. The molecule has 2 aromatic rings. The fourth-order valence-corrected chi connectivity index (χ4v) is 4.25. The molecule has 10 heteroatoms. The van der Waals surface area contributed by atoms with Crippen molar-refractivity contribution in [3.05, 3.63) is 74.6 Å². The Kier molecular flexibility index (Phi) is 7.49. The van der Waals surface area contributed by atoms with Crippen LogP contribution in [-0.2, 0) is 9.59 Å². The van der Waals surface area contributed by atoms with Gasteiger partial charge in [-0.25, -0.2) is 0 Å². The number of hydrogen-bond donors (Lipinski definition) is 2. The van der Waals surface area contributed by atoms with Crippen molar-refractivity contribution < 1.29 is 14.4 Å². The van der Waals surface area contributed by atoms with Gasteiger partial charge in [0.25, 0.3) is 11.8 Å². The van der Waals surface area contributed by atoms with Crippen molar-refractivity contribution in [2.45, 2.75) is 6.42 Å². The second kappa shape index (κ2) is 10.1. The van der Waals surface area contributed by atoms with E-state index in [4.69, 9.17) is 35.4 Å². The number of benzene rings is 2. The van der Waals surface area contributed by atoms with Crippen LogP contribution < -0.4 is 10.9 Å². The Labute approximate surface area is 192 Å². The van der Waals surface area contributed by atoms with E-state index in [1.54, 1.807) is 42.5 Å². The molecule has 0 saturated carbocycles. The van der Waals surface area contributed by atoms with Crippen LogP contribution in [-0.4, -0.2) is 33.5 Å². The number of nitrogens with zero attached hydrogens (tertiary/aromatic N) is 1. The van der Waals surface area contributed by atoms with Gasteiger partial charge in [0.1, 0.15) is 4.32 Å². The minimum atomic E-state index is -0.540. The first-order chi connectivity index (χ1) is 14.4. The van der Waals surface area contributed by atoms with Crippen molar-refractivity contribution in [2.75, 3.05) is 6.54 Å². The van der Waals surface area contributed by atoms with Crippen molar-refractivity contribution >= 4 is 75.3 Å². The summed E-state index contributed by atoms with van der Waals surface area (Å²) in [6, 6.07) is 13.6. The van der Waals surface area contributed by atoms with E-state index in [-0.39, 0.29) is 29.5 Å². The maximum Gasteiger partial charge on any atom is 0.271 e. The average Bonchev–Trinajstić information content (AvgIpc) is 2.99. The van der Waals surface area contributed by atoms with Gasteiger partial charge in [-0.3, -0.25) is 30.1 Å². The molecule has 30 heavy (non-hydrogen) atoms. The van der Waals surface area contributed by atoms with Crippen LogP contribution in [0.25, 0.3) is 6.08 Å². The number of thiocarbonyl (C=S) groups is 1. The Hall–Kier alpha value is -2.39. The summed E-state index contributed by atoms with van der Waals surface area (Å²) in [6.07, 6.45) is 1.63. The van der Waals surface area contributed by atoms with Gasteiger partial charge in [0.15, 0.2) is 0 Å². The van der Waals surface area contributed by atoms with Crippen molar-refractivity contribution in [3.63, 3.8) is 0 Å². The number of thioether (sulfide) groups is 1. The first kappa shape index (κ1) is 22.3. The van der Waals surface area contributed by atoms with E-state index in [0.717, 1.165) is 11.8 Å². The van der Waals surface area contributed by atoms with Crippen LogP contribution in [0, 0.1) is 0 Å². The van der Waals surface area contributed by atoms with Crippen molar-refractivity contribution in [1.82, 2.24) is 15.8 Å². The topological polar surface area (TPSA) is 78.5 Å². The lowest BCUT2D eigenvalue weighted by Gasteiger charge is -2.14.